The maximum absolute atomic E-state index is 4.32. The third kappa shape index (κ3) is 2.06. The first-order chi connectivity index (χ1) is 8.33. The molecule has 82 valence electrons. The molecular weight excluding hydrogens is 276 g/mol. The minimum Gasteiger partial charge on any atom is -0.253 e. The highest BCUT2D eigenvalue weighted by atomic mass is 79.9. The lowest BCUT2D eigenvalue weighted by atomic mass is 10.1. The summed E-state index contributed by atoms with van der Waals surface area (Å²) in [6.07, 6.45) is 3.42. The van der Waals surface area contributed by atoms with Crippen LogP contribution in [0.2, 0.25) is 0 Å². The zero-order valence-electron chi connectivity index (χ0n) is 8.97. The van der Waals surface area contributed by atoms with Gasteiger partial charge in [-0.1, -0.05) is 34.1 Å². The second-order valence-corrected chi connectivity index (χ2v) is 4.69. The monoisotopic (exact) mass is 284 g/mol. The highest BCUT2D eigenvalue weighted by Crippen LogP contribution is 2.24. The minimum absolute atomic E-state index is 0.921. The van der Waals surface area contributed by atoms with Crippen LogP contribution in [-0.4, -0.2) is 9.97 Å². The fourth-order valence-corrected chi connectivity index (χ4v) is 2.21. The maximum Gasteiger partial charge on any atom is 0.0892 e. The zero-order valence-corrected chi connectivity index (χ0v) is 10.6. The van der Waals surface area contributed by atoms with Gasteiger partial charge in [0.1, 0.15) is 0 Å². The number of hydrogen-bond acceptors (Lipinski definition) is 2. The van der Waals surface area contributed by atoms with Gasteiger partial charge in [0.2, 0.25) is 0 Å². The van der Waals surface area contributed by atoms with Gasteiger partial charge in [0, 0.05) is 16.9 Å². The fourth-order valence-electron chi connectivity index (χ4n) is 1.81. The smallest absolute Gasteiger partial charge is 0.0892 e. The van der Waals surface area contributed by atoms with Crippen molar-refractivity contribution in [1.29, 1.82) is 0 Å². The largest absolute Gasteiger partial charge is 0.253 e. The van der Waals surface area contributed by atoms with E-state index in [1.165, 1.54) is 5.56 Å². The summed E-state index contributed by atoms with van der Waals surface area (Å²) in [4.78, 5) is 8.58. The number of aromatic nitrogens is 2. The molecule has 1 heterocycles. The third-order valence-corrected chi connectivity index (χ3v) is 3.12. The molecule has 0 fully saturated rings. The summed E-state index contributed by atoms with van der Waals surface area (Å²) in [7, 11) is 0. The molecule has 1 aromatic heterocycles. The lowest BCUT2D eigenvalue weighted by Gasteiger charge is -2.03. The van der Waals surface area contributed by atoms with Crippen LogP contribution < -0.4 is 0 Å². The molecule has 0 aliphatic heterocycles. The summed E-state index contributed by atoms with van der Waals surface area (Å²) in [5, 5.41) is 0. The van der Waals surface area contributed by atoms with Crippen LogP contribution in [-0.2, 0) is 0 Å². The van der Waals surface area contributed by atoms with Gasteiger partial charge in [-0.25, -0.2) is 0 Å². The summed E-state index contributed by atoms with van der Waals surface area (Å²) in [5.41, 5.74) is 4.17. The summed E-state index contributed by atoms with van der Waals surface area (Å²) in [6, 6.07) is 14.4. The van der Waals surface area contributed by atoms with Gasteiger partial charge in [-0.15, -0.1) is 0 Å². The molecule has 0 unspecified atom stereocenters. The molecule has 3 rings (SSSR count). The molecule has 0 atom stereocenters. The first-order valence-electron chi connectivity index (χ1n) is 5.30. The summed E-state index contributed by atoms with van der Waals surface area (Å²) in [6.45, 7) is 0. The normalized spacial score (nSPS) is 10.6. The first-order valence-corrected chi connectivity index (χ1v) is 6.09. The van der Waals surface area contributed by atoms with E-state index in [9.17, 15) is 0 Å². The van der Waals surface area contributed by atoms with Crippen molar-refractivity contribution in [3.63, 3.8) is 0 Å². The van der Waals surface area contributed by atoms with Gasteiger partial charge in [-0.3, -0.25) is 9.97 Å². The molecular formula is C14H9BrN2. The van der Waals surface area contributed by atoms with Crippen LogP contribution in [0.5, 0.6) is 0 Å². The molecule has 0 N–H and O–H groups in total. The Labute approximate surface area is 107 Å². The van der Waals surface area contributed by atoms with E-state index in [4.69, 9.17) is 0 Å². The molecule has 0 radical (unpaired) electrons. The Morgan fingerprint density at radius 2 is 1.53 bits per heavy atom. The van der Waals surface area contributed by atoms with E-state index in [-0.39, 0.29) is 0 Å². The van der Waals surface area contributed by atoms with Crippen LogP contribution in [0.4, 0.5) is 0 Å². The lowest BCUT2D eigenvalue weighted by molar-refractivity contribution is 1.29. The molecule has 0 amide bonds. The average Bonchev–Trinajstić information content (AvgIpc) is 2.38. The summed E-state index contributed by atoms with van der Waals surface area (Å²) >= 11 is 3.48. The average molecular weight is 285 g/mol. The van der Waals surface area contributed by atoms with Crippen molar-refractivity contribution < 1.29 is 0 Å². The summed E-state index contributed by atoms with van der Waals surface area (Å²) in [5.74, 6) is 0. The fraction of sp³-hybridized carbons (Fsp3) is 0. The molecule has 0 aliphatic carbocycles. The molecule has 0 bridgehead atoms. The second-order valence-electron chi connectivity index (χ2n) is 3.77. The van der Waals surface area contributed by atoms with E-state index >= 15 is 0 Å². The molecule has 0 saturated heterocycles. The molecule has 0 aliphatic rings. The van der Waals surface area contributed by atoms with Crippen molar-refractivity contribution in [2.24, 2.45) is 0 Å². The molecule has 0 spiro atoms. The lowest BCUT2D eigenvalue weighted by Crippen LogP contribution is -1.84. The van der Waals surface area contributed by atoms with Gasteiger partial charge in [0.25, 0.3) is 0 Å². The Balaban J connectivity index is 2.18. The van der Waals surface area contributed by atoms with Crippen molar-refractivity contribution in [3.8, 4) is 11.1 Å². The van der Waals surface area contributed by atoms with Crippen molar-refractivity contribution >= 4 is 27.0 Å². The zero-order chi connectivity index (χ0) is 11.7. The van der Waals surface area contributed by atoms with Crippen LogP contribution in [0.15, 0.2) is 59.3 Å². The number of hydrogen-bond donors (Lipinski definition) is 0. The van der Waals surface area contributed by atoms with Crippen molar-refractivity contribution in [2.45, 2.75) is 0 Å². The molecule has 3 heteroatoms. The molecule has 17 heavy (non-hydrogen) atoms. The minimum atomic E-state index is 0.921. The van der Waals surface area contributed by atoms with Gasteiger partial charge in [-0.05, 0) is 35.4 Å². The van der Waals surface area contributed by atoms with E-state index in [0.29, 0.717) is 0 Å². The highest BCUT2D eigenvalue weighted by molar-refractivity contribution is 9.10. The molecule has 2 nitrogen and oxygen atoms in total. The predicted molar refractivity (Wildman–Crippen MR) is 72.7 cm³/mol. The van der Waals surface area contributed by atoms with E-state index in [0.717, 1.165) is 21.1 Å². The number of fused-ring (bicyclic) bond motifs is 1. The number of benzene rings is 2. The van der Waals surface area contributed by atoms with Crippen molar-refractivity contribution in [2.75, 3.05) is 0 Å². The number of nitrogens with zero attached hydrogens (tertiary/aromatic N) is 2. The van der Waals surface area contributed by atoms with E-state index in [1.807, 2.05) is 18.2 Å². The Kier molecular flexibility index (Phi) is 2.61. The second kappa shape index (κ2) is 4.26. The standard InChI is InChI=1S/C14H9BrN2/c15-12-3-1-2-10(8-12)11-4-5-13-14(9-11)17-7-6-16-13/h1-9H. The predicted octanol–water partition coefficient (Wildman–Crippen LogP) is 4.06. The first kappa shape index (κ1) is 10.4. The van der Waals surface area contributed by atoms with E-state index in [1.54, 1.807) is 12.4 Å². The molecule has 3 aromatic rings. The maximum atomic E-state index is 4.32. The van der Waals surface area contributed by atoms with Crippen LogP contribution in [0, 0.1) is 0 Å². The van der Waals surface area contributed by atoms with Gasteiger partial charge in [-0.2, -0.15) is 0 Å². The quantitative estimate of drug-likeness (QED) is 0.673. The van der Waals surface area contributed by atoms with Crippen LogP contribution in [0.25, 0.3) is 22.2 Å². The topological polar surface area (TPSA) is 25.8 Å². The number of rotatable bonds is 1. The van der Waals surface area contributed by atoms with Gasteiger partial charge in [0.15, 0.2) is 0 Å². The Morgan fingerprint density at radius 1 is 0.765 bits per heavy atom. The Morgan fingerprint density at radius 3 is 2.35 bits per heavy atom. The van der Waals surface area contributed by atoms with Crippen molar-refractivity contribution in [1.82, 2.24) is 9.97 Å². The Hall–Kier alpha value is -1.74. The molecule has 0 saturated carbocycles. The summed E-state index contributed by atoms with van der Waals surface area (Å²) < 4.78 is 1.08. The van der Waals surface area contributed by atoms with Crippen molar-refractivity contribution in [3.05, 3.63) is 59.3 Å². The van der Waals surface area contributed by atoms with Gasteiger partial charge in [0.05, 0.1) is 11.0 Å². The SMILES string of the molecule is Brc1cccc(-c2ccc3nccnc3c2)c1. The Bertz CT molecular complexity index is 680. The van der Waals surface area contributed by atoms with Gasteiger partial charge >= 0.3 is 0 Å². The van der Waals surface area contributed by atoms with Gasteiger partial charge < -0.3 is 0 Å². The third-order valence-electron chi connectivity index (χ3n) is 2.63. The van der Waals surface area contributed by atoms with Crippen LogP contribution >= 0.6 is 15.9 Å². The molecule has 2 aromatic carbocycles. The van der Waals surface area contributed by atoms with Crippen LogP contribution in [0.3, 0.4) is 0 Å². The van der Waals surface area contributed by atoms with E-state index < -0.39 is 0 Å². The van der Waals surface area contributed by atoms with Crippen LogP contribution in [0.1, 0.15) is 0 Å². The highest BCUT2D eigenvalue weighted by Gasteiger charge is 2.01. The number of halogens is 1. The van der Waals surface area contributed by atoms with E-state index in [2.05, 4.69) is 50.2 Å².